The summed E-state index contributed by atoms with van der Waals surface area (Å²) in [7, 11) is 0. The average molecular weight is 252 g/mol. The number of nitrogens with one attached hydrogen (secondary N) is 1. The lowest BCUT2D eigenvalue weighted by molar-refractivity contribution is 0.427. The Morgan fingerprint density at radius 3 is 3.00 bits per heavy atom. The molecule has 2 aromatic heterocycles. The van der Waals surface area contributed by atoms with Crippen molar-refractivity contribution >= 4 is 17.2 Å². The van der Waals surface area contributed by atoms with Gasteiger partial charge in [-0.2, -0.15) is 5.10 Å². The first-order chi connectivity index (χ1) is 8.20. The number of hydrogen-bond acceptors (Lipinski definition) is 3. The van der Waals surface area contributed by atoms with Crippen LogP contribution in [0.1, 0.15) is 5.56 Å². The number of alkyl halides is 1. The summed E-state index contributed by atoms with van der Waals surface area (Å²) in [5.74, 6) is 0.0857. The lowest BCUT2D eigenvalue weighted by atomic mass is 10.1. The summed E-state index contributed by atoms with van der Waals surface area (Å²) >= 11 is 1.57. The van der Waals surface area contributed by atoms with Crippen molar-refractivity contribution in [3.05, 3.63) is 29.3 Å². The van der Waals surface area contributed by atoms with Crippen LogP contribution in [-0.4, -0.2) is 22.3 Å². The Morgan fingerprint density at radius 1 is 1.59 bits per heavy atom. The fraction of sp³-hybridized carbons (Fsp3) is 0.273. The van der Waals surface area contributed by atoms with Crippen molar-refractivity contribution in [1.29, 1.82) is 5.41 Å². The summed E-state index contributed by atoms with van der Waals surface area (Å²) in [6.07, 6.45) is 2.11. The molecule has 0 fully saturated rings. The van der Waals surface area contributed by atoms with Gasteiger partial charge in [0.1, 0.15) is 12.4 Å². The number of aromatic nitrogens is 2. The van der Waals surface area contributed by atoms with Crippen LogP contribution in [0.2, 0.25) is 0 Å². The number of nitrogens with two attached hydrogens (primary N) is 1. The largest absolute Gasteiger partial charge is 0.387 e. The zero-order valence-corrected chi connectivity index (χ0v) is 10.0. The molecule has 0 spiro atoms. The van der Waals surface area contributed by atoms with Gasteiger partial charge in [0.2, 0.25) is 0 Å². The van der Waals surface area contributed by atoms with Gasteiger partial charge in [-0.1, -0.05) is 6.07 Å². The molecule has 2 heterocycles. The van der Waals surface area contributed by atoms with Gasteiger partial charge in [-0.25, -0.2) is 4.39 Å². The van der Waals surface area contributed by atoms with Gasteiger partial charge in [0.05, 0.1) is 17.3 Å². The van der Waals surface area contributed by atoms with Gasteiger partial charge in [0.25, 0.3) is 0 Å². The Balaban J connectivity index is 2.37. The SMILES string of the molecule is N=C(N)Cc1cn(CCF)nc1-c1cccs1. The minimum absolute atomic E-state index is 0.0857. The first kappa shape index (κ1) is 11.8. The molecular formula is C11H13FN4S. The molecule has 4 nitrogen and oxygen atoms in total. The van der Waals surface area contributed by atoms with Crippen LogP contribution in [-0.2, 0) is 13.0 Å². The third kappa shape index (κ3) is 2.71. The molecule has 17 heavy (non-hydrogen) atoms. The quantitative estimate of drug-likeness (QED) is 0.631. The smallest absolute Gasteiger partial charge is 0.109 e. The maximum absolute atomic E-state index is 12.3. The number of hydrogen-bond donors (Lipinski definition) is 2. The molecule has 0 aromatic carbocycles. The summed E-state index contributed by atoms with van der Waals surface area (Å²) in [5.41, 5.74) is 7.07. The van der Waals surface area contributed by atoms with Gasteiger partial charge in [-0.15, -0.1) is 11.3 Å². The molecule has 0 unspecified atom stereocenters. The van der Waals surface area contributed by atoms with Crippen LogP contribution < -0.4 is 5.73 Å². The molecule has 3 N–H and O–H groups in total. The Hall–Kier alpha value is -1.69. The standard InChI is InChI=1S/C11H13FN4S/c12-3-4-16-7-8(6-10(13)14)11(15-16)9-2-1-5-17-9/h1-2,5,7H,3-4,6H2,(H3,13,14). The van der Waals surface area contributed by atoms with Crippen LogP contribution in [0.15, 0.2) is 23.7 Å². The average Bonchev–Trinajstić information content (AvgIpc) is 2.86. The number of aryl methyl sites for hydroxylation is 1. The lowest BCUT2D eigenvalue weighted by Gasteiger charge is -1.97. The van der Waals surface area contributed by atoms with Crippen LogP contribution in [0.5, 0.6) is 0 Å². The molecule has 0 aliphatic heterocycles. The van der Waals surface area contributed by atoms with Crippen molar-refractivity contribution in [2.75, 3.05) is 6.67 Å². The molecule has 0 aliphatic rings. The van der Waals surface area contributed by atoms with E-state index in [0.717, 1.165) is 16.1 Å². The number of thiophene rings is 1. The third-order valence-corrected chi connectivity index (χ3v) is 3.16. The van der Waals surface area contributed by atoms with E-state index >= 15 is 0 Å². The summed E-state index contributed by atoms with van der Waals surface area (Å²) < 4.78 is 13.9. The van der Waals surface area contributed by atoms with E-state index in [-0.39, 0.29) is 12.4 Å². The Morgan fingerprint density at radius 2 is 2.41 bits per heavy atom. The van der Waals surface area contributed by atoms with Gasteiger partial charge in [0.15, 0.2) is 0 Å². The predicted octanol–water partition coefficient (Wildman–Crippen LogP) is 2.06. The van der Waals surface area contributed by atoms with Crippen LogP contribution in [0.25, 0.3) is 10.6 Å². The first-order valence-electron chi connectivity index (χ1n) is 5.19. The Bertz CT molecular complexity index is 504. The fourth-order valence-electron chi connectivity index (χ4n) is 1.62. The van der Waals surface area contributed by atoms with E-state index in [2.05, 4.69) is 5.10 Å². The molecule has 0 aliphatic carbocycles. The van der Waals surface area contributed by atoms with Crippen LogP contribution >= 0.6 is 11.3 Å². The number of rotatable bonds is 5. The minimum Gasteiger partial charge on any atom is -0.387 e. The van der Waals surface area contributed by atoms with E-state index in [1.165, 1.54) is 0 Å². The second-order valence-corrected chi connectivity index (χ2v) is 4.58. The highest BCUT2D eigenvalue weighted by Crippen LogP contribution is 2.26. The minimum atomic E-state index is -0.453. The maximum Gasteiger partial charge on any atom is 0.109 e. The Labute approximate surface area is 102 Å². The molecule has 6 heteroatoms. The summed E-state index contributed by atoms with van der Waals surface area (Å²) in [5, 5.41) is 13.6. The normalized spacial score (nSPS) is 10.6. The molecule has 0 saturated heterocycles. The van der Waals surface area contributed by atoms with Crippen molar-refractivity contribution in [1.82, 2.24) is 9.78 Å². The van der Waals surface area contributed by atoms with Crippen LogP contribution in [0.4, 0.5) is 4.39 Å². The zero-order valence-electron chi connectivity index (χ0n) is 9.19. The van der Waals surface area contributed by atoms with Crippen molar-refractivity contribution in [2.45, 2.75) is 13.0 Å². The molecule has 0 saturated carbocycles. The van der Waals surface area contributed by atoms with Crippen molar-refractivity contribution in [2.24, 2.45) is 5.73 Å². The molecule has 0 radical (unpaired) electrons. The van der Waals surface area contributed by atoms with Gasteiger partial charge in [-0.3, -0.25) is 10.1 Å². The van der Waals surface area contributed by atoms with Crippen molar-refractivity contribution in [3.8, 4) is 10.6 Å². The second-order valence-electron chi connectivity index (χ2n) is 3.63. The maximum atomic E-state index is 12.3. The van der Waals surface area contributed by atoms with Gasteiger partial charge in [-0.05, 0) is 11.4 Å². The van der Waals surface area contributed by atoms with E-state index in [4.69, 9.17) is 11.1 Å². The fourth-order valence-corrected chi connectivity index (χ4v) is 2.36. The Kier molecular flexibility index (Phi) is 3.53. The second kappa shape index (κ2) is 5.09. The van der Waals surface area contributed by atoms with Gasteiger partial charge in [0, 0.05) is 18.2 Å². The zero-order chi connectivity index (χ0) is 12.3. The monoisotopic (exact) mass is 252 g/mol. The van der Waals surface area contributed by atoms with Crippen LogP contribution in [0.3, 0.4) is 0 Å². The first-order valence-corrected chi connectivity index (χ1v) is 6.07. The van der Waals surface area contributed by atoms with Gasteiger partial charge < -0.3 is 5.73 Å². The summed E-state index contributed by atoms with van der Waals surface area (Å²) in [6.45, 7) is -0.221. The van der Waals surface area contributed by atoms with E-state index < -0.39 is 6.67 Å². The molecule has 0 amide bonds. The number of nitrogens with zero attached hydrogens (tertiary/aromatic N) is 2. The molecule has 2 rings (SSSR count). The topological polar surface area (TPSA) is 67.7 Å². The number of amidine groups is 1. The highest BCUT2D eigenvalue weighted by molar-refractivity contribution is 7.13. The van der Waals surface area contributed by atoms with Crippen molar-refractivity contribution in [3.63, 3.8) is 0 Å². The summed E-state index contributed by atoms with van der Waals surface area (Å²) in [6, 6.07) is 3.89. The lowest BCUT2D eigenvalue weighted by Crippen LogP contribution is -2.12. The highest BCUT2D eigenvalue weighted by Gasteiger charge is 2.12. The molecule has 90 valence electrons. The van der Waals surface area contributed by atoms with E-state index in [0.29, 0.717) is 6.42 Å². The van der Waals surface area contributed by atoms with E-state index in [9.17, 15) is 4.39 Å². The van der Waals surface area contributed by atoms with Crippen molar-refractivity contribution < 1.29 is 4.39 Å². The van der Waals surface area contributed by atoms with E-state index in [1.54, 1.807) is 22.2 Å². The predicted molar refractivity (Wildman–Crippen MR) is 67.1 cm³/mol. The molecule has 0 bridgehead atoms. The molecule has 2 aromatic rings. The van der Waals surface area contributed by atoms with E-state index in [1.807, 2.05) is 17.5 Å². The highest BCUT2D eigenvalue weighted by atomic mass is 32.1. The molecule has 0 atom stereocenters. The summed E-state index contributed by atoms with van der Waals surface area (Å²) in [4.78, 5) is 1.01. The van der Waals surface area contributed by atoms with Crippen LogP contribution in [0, 0.1) is 5.41 Å². The van der Waals surface area contributed by atoms with Gasteiger partial charge >= 0.3 is 0 Å². The third-order valence-electron chi connectivity index (χ3n) is 2.29. The number of halogens is 1. The molecular weight excluding hydrogens is 239 g/mol.